The van der Waals surface area contributed by atoms with Crippen molar-refractivity contribution in [1.29, 1.82) is 0 Å². The van der Waals surface area contributed by atoms with Crippen molar-refractivity contribution in [3.8, 4) is 0 Å². The van der Waals surface area contributed by atoms with E-state index in [1.165, 1.54) is 0 Å². The molecule has 5 heteroatoms. The smallest absolute Gasteiger partial charge is 0.203 e. The zero-order valence-electron chi connectivity index (χ0n) is 12.8. The van der Waals surface area contributed by atoms with E-state index < -0.39 is 0 Å². The second-order valence-corrected chi connectivity index (χ2v) is 5.60. The molecule has 1 aromatic heterocycles. The van der Waals surface area contributed by atoms with E-state index in [1.54, 1.807) is 7.11 Å². The van der Waals surface area contributed by atoms with Gasteiger partial charge in [0.1, 0.15) is 0 Å². The summed E-state index contributed by atoms with van der Waals surface area (Å²) in [7, 11) is 1.72. The Labute approximate surface area is 131 Å². The molecular weight excluding hydrogens is 286 g/mol. The Morgan fingerprint density at radius 2 is 2.24 bits per heavy atom. The summed E-state index contributed by atoms with van der Waals surface area (Å²) in [6, 6.07) is 8.03. The summed E-state index contributed by atoms with van der Waals surface area (Å²) in [5.41, 5.74) is 2.15. The van der Waals surface area contributed by atoms with Crippen LogP contribution in [0, 0.1) is 6.92 Å². The van der Waals surface area contributed by atoms with Crippen LogP contribution in [-0.2, 0) is 11.3 Å². The van der Waals surface area contributed by atoms with Crippen molar-refractivity contribution in [2.75, 3.05) is 19.0 Å². The summed E-state index contributed by atoms with van der Waals surface area (Å²) in [6.45, 7) is 5.75. The number of nitrogens with one attached hydrogen (secondary N) is 1. The monoisotopic (exact) mass is 307 g/mol. The zero-order chi connectivity index (χ0) is 15.2. The Morgan fingerprint density at radius 3 is 2.95 bits per heavy atom. The van der Waals surface area contributed by atoms with Gasteiger partial charge in [0, 0.05) is 31.5 Å². The van der Waals surface area contributed by atoms with E-state index in [4.69, 9.17) is 16.3 Å². The van der Waals surface area contributed by atoms with Gasteiger partial charge >= 0.3 is 0 Å². The molecule has 0 aliphatic rings. The van der Waals surface area contributed by atoms with Gasteiger partial charge in [-0.3, -0.25) is 0 Å². The van der Waals surface area contributed by atoms with Gasteiger partial charge < -0.3 is 14.6 Å². The molecule has 1 atom stereocenters. The topological polar surface area (TPSA) is 39.1 Å². The first kappa shape index (κ1) is 15.9. The number of hydrogen-bond acceptors (Lipinski definition) is 3. The maximum atomic E-state index is 6.05. The molecule has 0 aliphatic heterocycles. The molecule has 0 radical (unpaired) electrons. The third kappa shape index (κ3) is 4.48. The van der Waals surface area contributed by atoms with Gasteiger partial charge in [0.25, 0.3) is 0 Å². The van der Waals surface area contributed by atoms with Crippen LogP contribution in [0.3, 0.4) is 0 Å². The van der Waals surface area contributed by atoms with Gasteiger partial charge in [-0.2, -0.15) is 0 Å². The van der Waals surface area contributed by atoms with E-state index >= 15 is 0 Å². The lowest BCUT2D eigenvalue weighted by Gasteiger charge is -2.16. The first-order valence-electron chi connectivity index (χ1n) is 7.15. The Morgan fingerprint density at radius 1 is 1.43 bits per heavy atom. The fourth-order valence-electron chi connectivity index (χ4n) is 2.26. The predicted molar refractivity (Wildman–Crippen MR) is 86.9 cm³/mol. The van der Waals surface area contributed by atoms with Crippen molar-refractivity contribution >= 4 is 17.5 Å². The van der Waals surface area contributed by atoms with E-state index in [2.05, 4.69) is 34.1 Å². The van der Waals surface area contributed by atoms with Crippen molar-refractivity contribution < 1.29 is 4.74 Å². The second kappa shape index (κ2) is 7.48. The number of halogens is 1. The molecule has 4 nitrogen and oxygen atoms in total. The first-order valence-corrected chi connectivity index (χ1v) is 7.52. The molecule has 1 aromatic carbocycles. The highest BCUT2D eigenvalue weighted by Crippen LogP contribution is 2.21. The van der Waals surface area contributed by atoms with Gasteiger partial charge in [-0.25, -0.2) is 4.98 Å². The van der Waals surface area contributed by atoms with Gasteiger partial charge in [-0.05, 0) is 38.0 Å². The summed E-state index contributed by atoms with van der Waals surface area (Å²) < 4.78 is 7.24. The van der Waals surface area contributed by atoms with Crippen LogP contribution >= 0.6 is 11.6 Å². The number of aryl methyl sites for hydroxylation is 2. The molecule has 0 aliphatic carbocycles. The molecule has 1 N–H and O–H groups in total. The molecule has 0 bridgehead atoms. The lowest BCUT2D eigenvalue weighted by molar-refractivity contribution is 0.190. The molecule has 1 heterocycles. The Balaban J connectivity index is 2.07. The number of imidazole rings is 1. The third-order valence-electron chi connectivity index (χ3n) is 3.34. The Kier molecular flexibility index (Phi) is 5.65. The predicted octanol–water partition coefficient (Wildman–Crippen LogP) is 4.05. The minimum atomic E-state index is 0.145. The fourth-order valence-corrected chi connectivity index (χ4v) is 2.46. The number of benzene rings is 1. The van der Waals surface area contributed by atoms with E-state index in [0.29, 0.717) is 0 Å². The number of aromatic nitrogens is 2. The zero-order valence-corrected chi connectivity index (χ0v) is 13.5. The van der Waals surface area contributed by atoms with Crippen molar-refractivity contribution in [1.82, 2.24) is 9.55 Å². The van der Waals surface area contributed by atoms with E-state index in [1.807, 2.05) is 25.1 Å². The second-order valence-electron chi connectivity index (χ2n) is 5.17. The minimum absolute atomic E-state index is 0.145. The van der Waals surface area contributed by atoms with E-state index in [0.717, 1.165) is 41.8 Å². The molecule has 21 heavy (non-hydrogen) atoms. The SMILES string of the molecule is COCCCn1cc(C)nc1NC(C)c1cccc(Cl)c1. The lowest BCUT2D eigenvalue weighted by atomic mass is 10.1. The molecule has 114 valence electrons. The largest absolute Gasteiger partial charge is 0.385 e. The van der Waals surface area contributed by atoms with Crippen LogP contribution in [0.1, 0.15) is 30.6 Å². The highest BCUT2D eigenvalue weighted by atomic mass is 35.5. The normalized spacial score (nSPS) is 12.4. The van der Waals surface area contributed by atoms with Gasteiger partial charge in [-0.15, -0.1) is 0 Å². The van der Waals surface area contributed by atoms with Crippen LogP contribution in [-0.4, -0.2) is 23.3 Å². The van der Waals surface area contributed by atoms with E-state index in [9.17, 15) is 0 Å². The molecule has 0 fully saturated rings. The van der Waals surface area contributed by atoms with Crippen molar-refractivity contribution in [3.63, 3.8) is 0 Å². The summed E-state index contributed by atoms with van der Waals surface area (Å²) in [5, 5.41) is 4.20. The van der Waals surface area contributed by atoms with Crippen molar-refractivity contribution in [2.45, 2.75) is 32.9 Å². The quantitative estimate of drug-likeness (QED) is 0.784. The molecule has 1 unspecified atom stereocenters. The van der Waals surface area contributed by atoms with Crippen LogP contribution in [0.2, 0.25) is 5.02 Å². The minimum Gasteiger partial charge on any atom is -0.385 e. The summed E-state index contributed by atoms with van der Waals surface area (Å²) in [6.07, 6.45) is 3.02. The standard InChI is InChI=1S/C16H22ClN3O/c1-12-11-20(8-5-9-21-3)16(18-12)19-13(2)14-6-4-7-15(17)10-14/h4,6-7,10-11,13H,5,8-9H2,1-3H3,(H,18,19). The fraction of sp³-hybridized carbons (Fsp3) is 0.438. The van der Waals surface area contributed by atoms with Gasteiger partial charge in [0.15, 0.2) is 0 Å². The van der Waals surface area contributed by atoms with Crippen LogP contribution in [0.15, 0.2) is 30.5 Å². The van der Waals surface area contributed by atoms with Crippen LogP contribution in [0.4, 0.5) is 5.95 Å². The lowest BCUT2D eigenvalue weighted by Crippen LogP contribution is -2.12. The summed E-state index contributed by atoms with van der Waals surface area (Å²) in [4.78, 5) is 4.56. The van der Waals surface area contributed by atoms with E-state index in [-0.39, 0.29) is 6.04 Å². The average Bonchev–Trinajstić information content (AvgIpc) is 2.79. The van der Waals surface area contributed by atoms with Gasteiger partial charge in [-0.1, -0.05) is 23.7 Å². The number of rotatable bonds is 7. The number of methoxy groups -OCH3 is 1. The Hall–Kier alpha value is -1.52. The average molecular weight is 308 g/mol. The molecule has 0 saturated carbocycles. The van der Waals surface area contributed by atoms with Crippen LogP contribution < -0.4 is 5.32 Å². The first-order chi connectivity index (χ1) is 10.1. The molecule has 2 rings (SSSR count). The van der Waals surface area contributed by atoms with Gasteiger partial charge in [0.05, 0.1) is 11.7 Å². The molecule has 0 spiro atoms. The molecule has 0 amide bonds. The highest BCUT2D eigenvalue weighted by Gasteiger charge is 2.11. The summed E-state index contributed by atoms with van der Waals surface area (Å²) in [5.74, 6) is 0.885. The number of anilines is 1. The van der Waals surface area contributed by atoms with Crippen LogP contribution in [0.5, 0.6) is 0 Å². The molecular formula is C16H22ClN3O. The van der Waals surface area contributed by atoms with Gasteiger partial charge in [0.2, 0.25) is 5.95 Å². The maximum Gasteiger partial charge on any atom is 0.203 e. The third-order valence-corrected chi connectivity index (χ3v) is 3.57. The van der Waals surface area contributed by atoms with Crippen LogP contribution in [0.25, 0.3) is 0 Å². The van der Waals surface area contributed by atoms with Crippen molar-refractivity contribution in [3.05, 3.63) is 46.7 Å². The number of hydrogen-bond donors (Lipinski definition) is 1. The van der Waals surface area contributed by atoms with Crippen molar-refractivity contribution in [2.24, 2.45) is 0 Å². The number of ether oxygens (including phenoxy) is 1. The maximum absolute atomic E-state index is 6.05. The Bertz CT molecular complexity index is 583. The molecule has 0 saturated heterocycles. The molecule has 2 aromatic rings. The highest BCUT2D eigenvalue weighted by molar-refractivity contribution is 6.30. The summed E-state index contributed by atoms with van der Waals surface area (Å²) >= 11 is 6.05. The number of nitrogens with zero attached hydrogens (tertiary/aromatic N) is 2.